The van der Waals surface area contributed by atoms with E-state index >= 15 is 0 Å². The Morgan fingerprint density at radius 3 is 2.46 bits per heavy atom. The third-order valence-electron chi connectivity index (χ3n) is 8.50. The van der Waals surface area contributed by atoms with Crippen molar-refractivity contribution in [3.8, 4) is 5.75 Å². The lowest BCUT2D eigenvalue weighted by molar-refractivity contribution is -0.107. The second-order valence-electron chi connectivity index (χ2n) is 10.1. The van der Waals surface area contributed by atoms with Gasteiger partial charge in [0.15, 0.2) is 0 Å². The van der Waals surface area contributed by atoms with Crippen LogP contribution in [0, 0.1) is 29.6 Å². The fourth-order valence-electron chi connectivity index (χ4n) is 7.22. The number of hydrogen-bond donors (Lipinski definition) is 2. The summed E-state index contributed by atoms with van der Waals surface area (Å²) in [5.74, 6) is 1.84. The molecule has 0 spiro atoms. The van der Waals surface area contributed by atoms with Crippen molar-refractivity contribution in [2.24, 2.45) is 28.4 Å². The largest absolute Gasteiger partial charge is 0.508 e. The van der Waals surface area contributed by atoms with E-state index in [-0.39, 0.29) is 10.8 Å². The molecular weight excluding hydrogens is 294 g/mol. The number of nitrogens with two attached hydrogens (primary N) is 1. The zero-order valence-corrected chi connectivity index (χ0v) is 15.9. The number of hydrogen-bond acceptors (Lipinski definition) is 2. The van der Waals surface area contributed by atoms with Gasteiger partial charge in [-0.15, -0.1) is 0 Å². The zero-order chi connectivity index (χ0) is 17.5. The Bertz CT molecular complexity index is 693. The summed E-state index contributed by atoms with van der Waals surface area (Å²) in [6, 6.07) is 4.59. The second-order valence-corrected chi connectivity index (χ2v) is 10.1. The smallest absolute Gasteiger partial charge is 0.119 e. The third kappa shape index (κ3) is 1.87. The summed E-state index contributed by atoms with van der Waals surface area (Å²) in [5, 5.41) is 10.7. The number of benzene rings is 1. The van der Waals surface area contributed by atoms with Gasteiger partial charge in [-0.25, -0.2) is 0 Å². The highest BCUT2D eigenvalue weighted by Crippen LogP contribution is 2.68. The van der Waals surface area contributed by atoms with E-state index in [9.17, 15) is 5.11 Å². The van der Waals surface area contributed by atoms with Gasteiger partial charge in [0.25, 0.3) is 0 Å². The Kier molecular flexibility index (Phi) is 3.28. The fourth-order valence-corrected chi connectivity index (χ4v) is 7.22. The molecule has 0 aliphatic heterocycles. The Balaban J connectivity index is 1.83. The maximum atomic E-state index is 10.7. The molecule has 0 bridgehead atoms. The van der Waals surface area contributed by atoms with Crippen molar-refractivity contribution in [3.63, 3.8) is 0 Å². The molecule has 1 aromatic carbocycles. The molecule has 0 unspecified atom stereocenters. The van der Waals surface area contributed by atoms with Gasteiger partial charge in [0.2, 0.25) is 0 Å². The molecule has 132 valence electrons. The lowest BCUT2D eigenvalue weighted by Crippen LogP contribution is -2.60. The van der Waals surface area contributed by atoms with Crippen molar-refractivity contribution >= 4 is 0 Å². The molecule has 3 aliphatic carbocycles. The molecule has 0 heterocycles. The van der Waals surface area contributed by atoms with Gasteiger partial charge in [0.1, 0.15) is 5.75 Å². The van der Waals surface area contributed by atoms with Gasteiger partial charge in [-0.3, -0.25) is 0 Å². The van der Waals surface area contributed by atoms with Crippen LogP contribution in [0.1, 0.15) is 70.1 Å². The molecule has 2 saturated carbocycles. The van der Waals surface area contributed by atoms with Crippen LogP contribution in [0.25, 0.3) is 0 Å². The Hall–Kier alpha value is -1.02. The van der Waals surface area contributed by atoms with Crippen molar-refractivity contribution in [2.75, 3.05) is 0 Å². The molecule has 0 aromatic heterocycles. The number of aromatic hydroxyl groups is 1. The molecule has 0 saturated heterocycles. The van der Waals surface area contributed by atoms with E-state index in [0.717, 1.165) is 12.8 Å². The first kappa shape index (κ1) is 16.4. The number of phenols is 1. The molecule has 0 radical (unpaired) electrons. The lowest BCUT2D eigenvalue weighted by Gasteiger charge is -2.62. The highest BCUT2D eigenvalue weighted by Gasteiger charge is 2.62. The number of aryl methyl sites for hydroxylation is 1. The van der Waals surface area contributed by atoms with Crippen LogP contribution in [0.3, 0.4) is 0 Å². The molecule has 5 atom stereocenters. The summed E-state index contributed by atoms with van der Waals surface area (Å²) in [6.07, 6.45) is 5.90. The lowest BCUT2D eigenvalue weighted by atomic mass is 9.43. The molecule has 4 rings (SSSR count). The topological polar surface area (TPSA) is 46.2 Å². The number of rotatable bonds is 0. The highest BCUT2D eigenvalue weighted by molar-refractivity contribution is 5.52. The van der Waals surface area contributed by atoms with Crippen LogP contribution >= 0.6 is 0 Å². The normalized spacial score (nSPS) is 43.0. The van der Waals surface area contributed by atoms with E-state index in [0.29, 0.717) is 29.0 Å². The van der Waals surface area contributed by atoms with Crippen LogP contribution in [0.15, 0.2) is 12.1 Å². The quantitative estimate of drug-likeness (QED) is 0.726. The average molecular weight is 328 g/mol. The summed E-state index contributed by atoms with van der Waals surface area (Å²) in [6.45, 7) is 11.8. The van der Waals surface area contributed by atoms with E-state index in [4.69, 9.17) is 5.73 Å². The molecule has 1 aromatic rings. The molecule has 24 heavy (non-hydrogen) atoms. The van der Waals surface area contributed by atoms with Crippen LogP contribution in [0.5, 0.6) is 5.75 Å². The third-order valence-corrected chi connectivity index (χ3v) is 8.50. The molecule has 0 amide bonds. The minimum Gasteiger partial charge on any atom is -0.508 e. The minimum atomic E-state index is 0.121. The monoisotopic (exact) mass is 327 g/mol. The van der Waals surface area contributed by atoms with Crippen LogP contribution < -0.4 is 5.73 Å². The molecule has 2 fully saturated rings. The van der Waals surface area contributed by atoms with Gasteiger partial charge >= 0.3 is 0 Å². The molecule has 3 aliphatic rings. The van der Waals surface area contributed by atoms with Crippen LogP contribution in [0.4, 0.5) is 0 Å². The maximum absolute atomic E-state index is 10.7. The SMILES string of the molecule is Cc1cc(O)c2c(c1)C[C@H]1[C@]3(C)CC[C@H](N)C(C)(C)[C@H]3CC[C@]21C. The average Bonchev–Trinajstić information content (AvgIpc) is 2.77. The van der Waals surface area contributed by atoms with Crippen molar-refractivity contribution in [3.05, 3.63) is 28.8 Å². The first-order valence-electron chi connectivity index (χ1n) is 9.69. The first-order chi connectivity index (χ1) is 11.1. The molecule has 3 N–H and O–H groups in total. The predicted octanol–water partition coefficient (Wildman–Crippen LogP) is 4.69. The number of phenolic OH excluding ortho intramolecular Hbond substituents is 1. The van der Waals surface area contributed by atoms with Gasteiger partial charge in [-0.1, -0.05) is 33.8 Å². The van der Waals surface area contributed by atoms with Gasteiger partial charge < -0.3 is 10.8 Å². The summed E-state index contributed by atoms with van der Waals surface area (Å²) in [5.41, 5.74) is 11.0. The van der Waals surface area contributed by atoms with E-state index in [1.807, 2.05) is 6.07 Å². The predicted molar refractivity (Wildman–Crippen MR) is 99.2 cm³/mol. The van der Waals surface area contributed by atoms with Crippen LogP contribution in [0.2, 0.25) is 0 Å². The van der Waals surface area contributed by atoms with Gasteiger partial charge in [-0.05, 0) is 78.9 Å². The van der Waals surface area contributed by atoms with Crippen LogP contribution in [-0.4, -0.2) is 11.1 Å². The van der Waals surface area contributed by atoms with E-state index < -0.39 is 0 Å². The van der Waals surface area contributed by atoms with Gasteiger partial charge in [0.05, 0.1) is 0 Å². The van der Waals surface area contributed by atoms with Crippen molar-refractivity contribution < 1.29 is 5.11 Å². The second kappa shape index (κ2) is 4.78. The molecule has 2 nitrogen and oxygen atoms in total. The van der Waals surface area contributed by atoms with Gasteiger partial charge in [-0.2, -0.15) is 0 Å². The standard InChI is InChI=1S/C22H33NO/c1-13-10-14-12-17-21(4)9-7-18(23)20(2,3)16(21)6-8-22(17,5)19(14)15(24)11-13/h10-11,16-18,24H,6-9,12,23H2,1-5H3/t16-,17+,18+,21-,22+/m1/s1. The zero-order valence-electron chi connectivity index (χ0n) is 15.9. The Morgan fingerprint density at radius 1 is 1.04 bits per heavy atom. The number of fused-ring (bicyclic) bond motifs is 5. The van der Waals surface area contributed by atoms with Crippen LogP contribution in [-0.2, 0) is 11.8 Å². The van der Waals surface area contributed by atoms with E-state index in [1.165, 1.54) is 36.0 Å². The first-order valence-corrected chi connectivity index (χ1v) is 9.69. The summed E-state index contributed by atoms with van der Waals surface area (Å²) >= 11 is 0. The maximum Gasteiger partial charge on any atom is 0.119 e. The van der Waals surface area contributed by atoms with Gasteiger partial charge in [0, 0.05) is 17.0 Å². The van der Waals surface area contributed by atoms with E-state index in [1.54, 1.807) is 0 Å². The molecular formula is C22H33NO. The molecule has 2 heteroatoms. The minimum absolute atomic E-state index is 0.121. The highest BCUT2D eigenvalue weighted by atomic mass is 16.3. The summed E-state index contributed by atoms with van der Waals surface area (Å²) in [7, 11) is 0. The summed E-state index contributed by atoms with van der Waals surface area (Å²) in [4.78, 5) is 0. The van der Waals surface area contributed by atoms with E-state index in [2.05, 4.69) is 40.7 Å². The Morgan fingerprint density at radius 2 is 1.75 bits per heavy atom. The van der Waals surface area contributed by atoms with Crippen molar-refractivity contribution in [2.45, 2.75) is 78.2 Å². The Labute approximate surface area is 146 Å². The summed E-state index contributed by atoms with van der Waals surface area (Å²) < 4.78 is 0. The van der Waals surface area contributed by atoms with Crippen molar-refractivity contribution in [1.29, 1.82) is 0 Å². The fraction of sp³-hybridized carbons (Fsp3) is 0.727. The van der Waals surface area contributed by atoms with Crippen molar-refractivity contribution in [1.82, 2.24) is 0 Å².